The molecule has 0 saturated heterocycles. The van der Waals surface area contributed by atoms with Crippen molar-refractivity contribution in [2.45, 2.75) is 26.3 Å². The zero-order valence-electron chi connectivity index (χ0n) is 10.6. The molecule has 1 atom stereocenters. The van der Waals surface area contributed by atoms with Crippen LogP contribution in [0.3, 0.4) is 0 Å². The number of rotatable bonds is 5. The molecule has 0 bridgehead atoms. The lowest BCUT2D eigenvalue weighted by molar-refractivity contribution is 0.516. The Morgan fingerprint density at radius 2 is 2.35 bits per heavy atom. The number of aryl methyl sites for hydroxylation is 2. The topological polar surface area (TPSA) is 43.0 Å². The Morgan fingerprint density at radius 1 is 1.53 bits per heavy atom. The fourth-order valence-electron chi connectivity index (χ4n) is 1.96. The van der Waals surface area contributed by atoms with Crippen molar-refractivity contribution in [1.82, 2.24) is 15.1 Å². The first-order valence-electron chi connectivity index (χ1n) is 5.98. The first kappa shape index (κ1) is 11.9. The molecule has 0 aliphatic rings. The molecule has 2 aromatic rings. The smallest absolute Gasteiger partial charge is 0.101 e. The van der Waals surface area contributed by atoms with Gasteiger partial charge in [0.25, 0.3) is 0 Å². The van der Waals surface area contributed by atoms with Gasteiger partial charge in [0, 0.05) is 18.8 Å². The summed E-state index contributed by atoms with van der Waals surface area (Å²) < 4.78 is 7.29. The van der Waals surface area contributed by atoms with Crippen LogP contribution in [0.2, 0.25) is 0 Å². The van der Waals surface area contributed by atoms with E-state index in [2.05, 4.69) is 23.4 Å². The van der Waals surface area contributed by atoms with Gasteiger partial charge in [-0.25, -0.2) is 0 Å². The third-order valence-corrected chi connectivity index (χ3v) is 2.84. The van der Waals surface area contributed by atoms with Gasteiger partial charge < -0.3 is 9.73 Å². The summed E-state index contributed by atoms with van der Waals surface area (Å²) in [5.74, 6) is 0.936. The molecule has 0 aromatic carbocycles. The molecule has 2 heterocycles. The second-order valence-electron chi connectivity index (χ2n) is 4.26. The normalized spacial score (nSPS) is 12.9. The summed E-state index contributed by atoms with van der Waals surface area (Å²) in [4.78, 5) is 0. The van der Waals surface area contributed by atoms with Crippen LogP contribution >= 0.6 is 0 Å². The maximum atomic E-state index is 5.39. The zero-order chi connectivity index (χ0) is 12.3. The highest BCUT2D eigenvalue weighted by Crippen LogP contribution is 2.23. The van der Waals surface area contributed by atoms with Gasteiger partial charge in [-0.1, -0.05) is 6.92 Å². The monoisotopic (exact) mass is 233 g/mol. The molecule has 92 valence electrons. The lowest BCUT2D eigenvalue weighted by atomic mass is 10.1. The molecule has 2 aromatic heterocycles. The van der Waals surface area contributed by atoms with Crippen molar-refractivity contribution >= 4 is 0 Å². The van der Waals surface area contributed by atoms with E-state index < -0.39 is 0 Å². The molecule has 0 radical (unpaired) electrons. The highest BCUT2D eigenvalue weighted by molar-refractivity contribution is 5.26. The molecule has 1 unspecified atom stereocenters. The van der Waals surface area contributed by atoms with Gasteiger partial charge >= 0.3 is 0 Å². The second kappa shape index (κ2) is 5.19. The lowest BCUT2D eigenvalue weighted by Crippen LogP contribution is -2.24. The Morgan fingerprint density at radius 3 is 2.88 bits per heavy atom. The van der Waals surface area contributed by atoms with Gasteiger partial charge in [-0.2, -0.15) is 5.10 Å². The molecule has 4 heteroatoms. The molecule has 1 N–H and O–H groups in total. The van der Waals surface area contributed by atoms with Crippen LogP contribution < -0.4 is 5.32 Å². The Labute approximate surface area is 102 Å². The van der Waals surface area contributed by atoms with Crippen LogP contribution in [0.1, 0.15) is 36.4 Å². The molecular weight excluding hydrogens is 214 g/mol. The van der Waals surface area contributed by atoms with Crippen LogP contribution in [0.25, 0.3) is 0 Å². The van der Waals surface area contributed by atoms with Crippen molar-refractivity contribution in [1.29, 1.82) is 0 Å². The minimum absolute atomic E-state index is 0.153. The van der Waals surface area contributed by atoms with Gasteiger partial charge in [0.1, 0.15) is 5.76 Å². The van der Waals surface area contributed by atoms with Crippen molar-refractivity contribution < 1.29 is 4.42 Å². The Hall–Kier alpha value is -1.55. The summed E-state index contributed by atoms with van der Waals surface area (Å²) >= 11 is 0. The summed E-state index contributed by atoms with van der Waals surface area (Å²) in [5.41, 5.74) is 2.30. The van der Waals surface area contributed by atoms with Crippen molar-refractivity contribution in [2.24, 2.45) is 7.05 Å². The van der Waals surface area contributed by atoms with Crippen LogP contribution in [-0.4, -0.2) is 16.3 Å². The molecule has 0 aliphatic heterocycles. The van der Waals surface area contributed by atoms with Crippen LogP contribution in [0.15, 0.2) is 29.0 Å². The Balaban J connectivity index is 2.28. The number of hydrogen-bond donors (Lipinski definition) is 1. The van der Waals surface area contributed by atoms with E-state index in [1.807, 2.05) is 37.2 Å². The molecule has 0 aliphatic carbocycles. The predicted octanol–water partition coefficient (Wildman–Crippen LogP) is 2.41. The van der Waals surface area contributed by atoms with E-state index in [0.29, 0.717) is 0 Å². The van der Waals surface area contributed by atoms with Gasteiger partial charge in [-0.3, -0.25) is 4.68 Å². The number of nitrogens with one attached hydrogen (secondary N) is 1. The molecule has 17 heavy (non-hydrogen) atoms. The zero-order valence-corrected chi connectivity index (χ0v) is 10.6. The number of hydrogen-bond acceptors (Lipinski definition) is 3. The van der Waals surface area contributed by atoms with E-state index in [1.54, 1.807) is 0 Å². The van der Waals surface area contributed by atoms with Gasteiger partial charge in [0.05, 0.1) is 18.0 Å². The van der Waals surface area contributed by atoms with Crippen molar-refractivity contribution in [3.63, 3.8) is 0 Å². The second-order valence-corrected chi connectivity index (χ2v) is 4.26. The molecule has 0 spiro atoms. The fraction of sp³-hybridized carbons (Fsp3) is 0.462. The highest BCUT2D eigenvalue weighted by atomic mass is 16.3. The van der Waals surface area contributed by atoms with Crippen LogP contribution in [0.4, 0.5) is 0 Å². The Kier molecular flexibility index (Phi) is 3.64. The van der Waals surface area contributed by atoms with Gasteiger partial charge in [-0.15, -0.1) is 0 Å². The summed E-state index contributed by atoms with van der Waals surface area (Å²) in [7, 11) is 1.96. The molecule has 0 saturated carbocycles. The van der Waals surface area contributed by atoms with Crippen molar-refractivity contribution in [3.05, 3.63) is 41.6 Å². The number of aromatic nitrogens is 2. The van der Waals surface area contributed by atoms with Gasteiger partial charge in [0.2, 0.25) is 0 Å². The van der Waals surface area contributed by atoms with Crippen LogP contribution in [0.5, 0.6) is 0 Å². The third kappa shape index (κ3) is 2.58. The molecule has 4 nitrogen and oxygen atoms in total. The van der Waals surface area contributed by atoms with E-state index in [1.165, 1.54) is 0 Å². The van der Waals surface area contributed by atoms with Crippen molar-refractivity contribution in [3.8, 4) is 0 Å². The summed E-state index contributed by atoms with van der Waals surface area (Å²) in [5, 5.41) is 7.75. The largest absolute Gasteiger partial charge is 0.469 e. The van der Waals surface area contributed by atoms with Crippen molar-refractivity contribution in [2.75, 3.05) is 6.54 Å². The first-order chi connectivity index (χ1) is 8.22. The molecule has 0 fully saturated rings. The number of furan rings is 1. The fourth-order valence-corrected chi connectivity index (χ4v) is 1.96. The van der Waals surface area contributed by atoms with E-state index >= 15 is 0 Å². The summed E-state index contributed by atoms with van der Waals surface area (Å²) in [6.45, 7) is 5.09. The van der Waals surface area contributed by atoms with Gasteiger partial charge in [0.15, 0.2) is 0 Å². The summed E-state index contributed by atoms with van der Waals surface area (Å²) in [6, 6.07) is 4.26. The minimum Gasteiger partial charge on any atom is -0.469 e. The van der Waals surface area contributed by atoms with E-state index in [-0.39, 0.29) is 6.04 Å². The average Bonchev–Trinajstić information content (AvgIpc) is 2.90. The maximum Gasteiger partial charge on any atom is 0.101 e. The average molecular weight is 233 g/mol. The quantitative estimate of drug-likeness (QED) is 0.862. The molecular formula is C13H19N3O. The molecule has 0 amide bonds. The van der Waals surface area contributed by atoms with Crippen LogP contribution in [0, 0.1) is 6.92 Å². The minimum atomic E-state index is 0.153. The highest BCUT2D eigenvalue weighted by Gasteiger charge is 2.18. The lowest BCUT2D eigenvalue weighted by Gasteiger charge is -2.17. The maximum absolute atomic E-state index is 5.39. The van der Waals surface area contributed by atoms with Crippen LogP contribution in [-0.2, 0) is 7.05 Å². The molecule has 2 rings (SSSR count). The number of nitrogens with zero attached hydrogens (tertiary/aromatic N) is 2. The van der Waals surface area contributed by atoms with E-state index in [4.69, 9.17) is 4.42 Å². The SMILES string of the molecule is CCCNC(c1coc(C)c1)c1ccnn1C. The van der Waals surface area contributed by atoms with E-state index in [0.717, 1.165) is 30.0 Å². The third-order valence-electron chi connectivity index (χ3n) is 2.84. The Bertz CT molecular complexity index is 472. The van der Waals surface area contributed by atoms with Gasteiger partial charge in [-0.05, 0) is 32.0 Å². The first-order valence-corrected chi connectivity index (χ1v) is 5.98. The predicted molar refractivity (Wildman–Crippen MR) is 66.8 cm³/mol. The van der Waals surface area contributed by atoms with E-state index in [9.17, 15) is 0 Å². The standard InChI is InChI=1S/C13H19N3O/c1-4-6-14-13(11-8-10(2)17-9-11)12-5-7-15-16(12)3/h5,7-9,13-14H,4,6H2,1-3H3. The summed E-state index contributed by atoms with van der Waals surface area (Å²) in [6.07, 6.45) is 4.74.